The quantitative estimate of drug-likeness (QED) is 0.530. The van der Waals surface area contributed by atoms with Crippen molar-refractivity contribution in [2.24, 2.45) is 0 Å². The van der Waals surface area contributed by atoms with E-state index in [0.717, 1.165) is 12.1 Å². The van der Waals surface area contributed by atoms with Crippen LogP contribution in [0.25, 0.3) is 0 Å². The normalized spacial score (nSPS) is 12.5. The standard InChI is InChI=1S/C20H21Cl2F3N2O3/c1-12(7-8-28)26-18(29)9-13-3-5-15(6-4-13)27(30-2)19-16(21)10-14(11-17(19)22)20(23,24)25/h3-6,10-12,28H,7-9H2,1-2H3,(H,26,29). The summed E-state index contributed by atoms with van der Waals surface area (Å²) in [6.45, 7) is 1.78. The predicted molar refractivity (Wildman–Crippen MR) is 110 cm³/mol. The second-order valence-corrected chi connectivity index (χ2v) is 7.40. The Hall–Kier alpha value is -2.00. The first-order chi connectivity index (χ1) is 14.1. The van der Waals surface area contributed by atoms with Crippen molar-refractivity contribution in [1.29, 1.82) is 0 Å². The summed E-state index contributed by atoms with van der Waals surface area (Å²) in [7, 11) is 1.33. The van der Waals surface area contributed by atoms with E-state index < -0.39 is 11.7 Å². The molecule has 2 aromatic rings. The van der Waals surface area contributed by atoms with Gasteiger partial charge in [-0.1, -0.05) is 35.3 Å². The van der Waals surface area contributed by atoms with Crippen molar-refractivity contribution in [3.63, 3.8) is 0 Å². The number of anilines is 2. The molecule has 1 atom stereocenters. The number of alkyl halides is 3. The maximum atomic E-state index is 12.9. The minimum absolute atomic E-state index is 0.0158. The zero-order chi connectivity index (χ0) is 22.5. The zero-order valence-corrected chi connectivity index (χ0v) is 17.8. The van der Waals surface area contributed by atoms with Gasteiger partial charge in [-0.15, -0.1) is 0 Å². The number of rotatable bonds is 8. The summed E-state index contributed by atoms with van der Waals surface area (Å²) in [5, 5.41) is 12.4. The first-order valence-electron chi connectivity index (χ1n) is 8.96. The summed E-state index contributed by atoms with van der Waals surface area (Å²) >= 11 is 12.1. The summed E-state index contributed by atoms with van der Waals surface area (Å²) in [6, 6.07) is 8.05. The summed E-state index contributed by atoms with van der Waals surface area (Å²) in [5.41, 5.74) is 0.276. The number of aliphatic hydroxyl groups is 1. The number of halogens is 5. The highest BCUT2D eigenvalue weighted by molar-refractivity contribution is 6.39. The van der Waals surface area contributed by atoms with Crippen molar-refractivity contribution in [2.75, 3.05) is 18.8 Å². The lowest BCUT2D eigenvalue weighted by molar-refractivity contribution is -0.137. The van der Waals surface area contributed by atoms with E-state index in [1.165, 1.54) is 12.2 Å². The monoisotopic (exact) mass is 464 g/mol. The number of nitrogens with zero attached hydrogens (tertiary/aromatic N) is 1. The molecule has 2 N–H and O–H groups in total. The van der Waals surface area contributed by atoms with E-state index in [4.69, 9.17) is 33.1 Å². The molecule has 0 radical (unpaired) electrons. The average Bonchev–Trinajstić information content (AvgIpc) is 2.64. The van der Waals surface area contributed by atoms with Crippen molar-refractivity contribution in [3.8, 4) is 0 Å². The molecule has 2 aromatic carbocycles. The van der Waals surface area contributed by atoms with Crippen LogP contribution in [-0.4, -0.2) is 30.8 Å². The van der Waals surface area contributed by atoms with Gasteiger partial charge in [0.1, 0.15) is 5.69 Å². The van der Waals surface area contributed by atoms with Gasteiger partial charge in [0.15, 0.2) is 0 Å². The lowest BCUT2D eigenvalue weighted by Gasteiger charge is -2.25. The van der Waals surface area contributed by atoms with Crippen LogP contribution in [0.3, 0.4) is 0 Å². The van der Waals surface area contributed by atoms with Gasteiger partial charge in [0.25, 0.3) is 0 Å². The van der Waals surface area contributed by atoms with Crippen LogP contribution in [0.5, 0.6) is 0 Å². The van der Waals surface area contributed by atoms with Gasteiger partial charge in [-0.3, -0.25) is 9.63 Å². The highest BCUT2D eigenvalue weighted by Crippen LogP contribution is 2.42. The van der Waals surface area contributed by atoms with E-state index in [9.17, 15) is 18.0 Å². The number of carbonyl (C=O) groups is 1. The number of carbonyl (C=O) groups excluding carboxylic acids is 1. The van der Waals surface area contributed by atoms with E-state index in [2.05, 4.69) is 5.32 Å². The Balaban J connectivity index is 2.21. The molecular formula is C20H21Cl2F3N2O3. The zero-order valence-electron chi connectivity index (χ0n) is 16.3. The van der Waals surface area contributed by atoms with Gasteiger partial charge < -0.3 is 10.4 Å². The lowest BCUT2D eigenvalue weighted by atomic mass is 10.1. The molecule has 164 valence electrons. The van der Waals surface area contributed by atoms with Gasteiger partial charge in [0.2, 0.25) is 5.91 Å². The SMILES string of the molecule is CON(c1ccc(CC(=O)NC(C)CCO)cc1)c1c(Cl)cc(C(F)(F)F)cc1Cl. The van der Waals surface area contributed by atoms with Gasteiger partial charge in [0.05, 0.1) is 34.8 Å². The molecule has 1 amide bonds. The molecule has 30 heavy (non-hydrogen) atoms. The molecule has 10 heteroatoms. The molecule has 2 rings (SSSR count). The highest BCUT2D eigenvalue weighted by Gasteiger charge is 2.33. The minimum Gasteiger partial charge on any atom is -0.396 e. The fourth-order valence-electron chi connectivity index (χ4n) is 2.78. The van der Waals surface area contributed by atoms with Gasteiger partial charge in [0, 0.05) is 12.6 Å². The molecule has 0 aliphatic rings. The molecule has 0 fully saturated rings. The van der Waals surface area contributed by atoms with Crippen molar-refractivity contribution in [2.45, 2.75) is 32.0 Å². The Morgan fingerprint density at radius 2 is 1.77 bits per heavy atom. The molecule has 1 unspecified atom stereocenters. The van der Waals surface area contributed by atoms with Crippen LogP contribution in [0.4, 0.5) is 24.5 Å². The topological polar surface area (TPSA) is 61.8 Å². The van der Waals surface area contributed by atoms with Gasteiger partial charge in [-0.25, -0.2) is 5.06 Å². The molecule has 0 aliphatic heterocycles. The minimum atomic E-state index is -4.58. The predicted octanol–water partition coefficient (Wildman–Crippen LogP) is 5.14. The molecule has 0 saturated heterocycles. The number of aliphatic hydroxyl groups excluding tert-OH is 1. The van der Waals surface area contributed by atoms with E-state index in [1.807, 2.05) is 0 Å². The van der Waals surface area contributed by atoms with E-state index in [1.54, 1.807) is 31.2 Å². The Morgan fingerprint density at radius 1 is 1.20 bits per heavy atom. The number of nitrogens with one attached hydrogen (secondary N) is 1. The lowest BCUT2D eigenvalue weighted by Crippen LogP contribution is -2.34. The summed E-state index contributed by atoms with van der Waals surface area (Å²) < 4.78 is 38.8. The first kappa shape index (κ1) is 24.3. The smallest absolute Gasteiger partial charge is 0.396 e. The Kier molecular flexibility index (Phi) is 8.37. The van der Waals surface area contributed by atoms with E-state index >= 15 is 0 Å². The molecular weight excluding hydrogens is 444 g/mol. The second-order valence-electron chi connectivity index (χ2n) is 6.59. The van der Waals surface area contributed by atoms with Crippen LogP contribution in [0, 0.1) is 0 Å². The maximum Gasteiger partial charge on any atom is 0.416 e. The van der Waals surface area contributed by atoms with E-state index in [0.29, 0.717) is 17.7 Å². The van der Waals surface area contributed by atoms with Gasteiger partial charge in [-0.05, 0) is 43.2 Å². The van der Waals surface area contributed by atoms with Crippen molar-refractivity contribution in [1.82, 2.24) is 5.32 Å². The molecule has 0 saturated carbocycles. The van der Waals surface area contributed by atoms with Crippen LogP contribution in [0.15, 0.2) is 36.4 Å². The molecule has 0 bridgehead atoms. The molecule has 0 spiro atoms. The Bertz CT molecular complexity index is 854. The third kappa shape index (κ3) is 6.25. The number of benzene rings is 2. The fourth-order valence-corrected chi connectivity index (χ4v) is 3.42. The van der Waals surface area contributed by atoms with Crippen LogP contribution in [0.1, 0.15) is 24.5 Å². The van der Waals surface area contributed by atoms with Crippen LogP contribution in [0.2, 0.25) is 10.0 Å². The molecule has 0 aromatic heterocycles. The maximum absolute atomic E-state index is 12.9. The number of hydrogen-bond acceptors (Lipinski definition) is 4. The third-order valence-corrected chi connectivity index (χ3v) is 4.81. The van der Waals surface area contributed by atoms with Crippen LogP contribution >= 0.6 is 23.2 Å². The van der Waals surface area contributed by atoms with Crippen molar-refractivity contribution < 1.29 is 27.9 Å². The van der Waals surface area contributed by atoms with Crippen molar-refractivity contribution in [3.05, 3.63) is 57.6 Å². The van der Waals surface area contributed by atoms with Crippen LogP contribution < -0.4 is 10.4 Å². The molecule has 5 nitrogen and oxygen atoms in total. The number of amides is 1. The summed E-state index contributed by atoms with van der Waals surface area (Å²) in [4.78, 5) is 17.3. The van der Waals surface area contributed by atoms with Gasteiger partial charge >= 0.3 is 6.18 Å². The summed E-state index contributed by atoms with van der Waals surface area (Å²) in [5.74, 6) is -0.193. The number of hydrogen-bond donors (Lipinski definition) is 2. The third-order valence-electron chi connectivity index (χ3n) is 4.23. The second kappa shape index (κ2) is 10.3. The fraction of sp³-hybridized carbons (Fsp3) is 0.350. The molecule has 0 heterocycles. The molecule has 0 aliphatic carbocycles. The van der Waals surface area contributed by atoms with Gasteiger partial charge in [-0.2, -0.15) is 13.2 Å². The summed E-state index contributed by atoms with van der Waals surface area (Å²) in [6.07, 6.45) is -3.99. The Labute approximate surface area is 182 Å². The highest BCUT2D eigenvalue weighted by atomic mass is 35.5. The largest absolute Gasteiger partial charge is 0.416 e. The van der Waals surface area contributed by atoms with Crippen molar-refractivity contribution >= 4 is 40.5 Å². The average molecular weight is 465 g/mol. The van der Waals surface area contributed by atoms with Crippen LogP contribution in [-0.2, 0) is 22.2 Å². The first-order valence-corrected chi connectivity index (χ1v) is 9.72. The van der Waals surface area contributed by atoms with E-state index in [-0.39, 0.29) is 40.7 Å². The Morgan fingerprint density at radius 3 is 2.23 bits per heavy atom.